The lowest BCUT2D eigenvalue weighted by Crippen LogP contribution is -2.19. The fourth-order valence-corrected chi connectivity index (χ4v) is 0.808. The van der Waals surface area contributed by atoms with Crippen molar-refractivity contribution in [1.29, 1.82) is 0 Å². The highest BCUT2D eigenvalue weighted by molar-refractivity contribution is 4.52. The molecule has 0 aromatic carbocycles. The molecule has 0 fully saturated rings. The fraction of sp³-hybridized carbons (Fsp3) is 1.00. The number of ether oxygens (including phenoxy) is 1. The van der Waals surface area contributed by atoms with Gasteiger partial charge in [-0.15, -0.1) is 0 Å². The molecule has 12 heavy (non-hydrogen) atoms. The van der Waals surface area contributed by atoms with Gasteiger partial charge in [0.1, 0.15) is 0 Å². The molecule has 0 aliphatic carbocycles. The SMILES string of the molecule is CC.CCOC(C)CCN(C)C. The molecule has 0 rings (SSSR count). The molecule has 0 aromatic heterocycles. The van der Waals surface area contributed by atoms with Gasteiger partial charge in [-0.1, -0.05) is 13.8 Å². The van der Waals surface area contributed by atoms with Gasteiger partial charge in [0.25, 0.3) is 0 Å². The summed E-state index contributed by atoms with van der Waals surface area (Å²) in [7, 11) is 4.16. The van der Waals surface area contributed by atoms with Gasteiger partial charge in [0, 0.05) is 6.61 Å². The third-order valence-electron chi connectivity index (χ3n) is 1.43. The Balaban J connectivity index is 0. The van der Waals surface area contributed by atoms with Crippen LogP contribution >= 0.6 is 0 Å². The topological polar surface area (TPSA) is 12.5 Å². The minimum atomic E-state index is 0.410. The van der Waals surface area contributed by atoms with Crippen molar-refractivity contribution in [2.45, 2.75) is 40.2 Å². The first-order valence-electron chi connectivity index (χ1n) is 4.93. The molecule has 0 amide bonds. The molecule has 0 bridgehead atoms. The second-order valence-corrected chi connectivity index (χ2v) is 2.86. The summed E-state index contributed by atoms with van der Waals surface area (Å²) < 4.78 is 5.37. The summed E-state index contributed by atoms with van der Waals surface area (Å²) in [5.41, 5.74) is 0. The molecule has 2 heteroatoms. The maximum absolute atomic E-state index is 5.37. The van der Waals surface area contributed by atoms with Crippen molar-refractivity contribution in [3.8, 4) is 0 Å². The number of nitrogens with zero attached hydrogens (tertiary/aromatic N) is 1. The summed E-state index contributed by atoms with van der Waals surface area (Å²) in [6.45, 7) is 10.1. The predicted molar refractivity (Wildman–Crippen MR) is 55.6 cm³/mol. The molecule has 2 nitrogen and oxygen atoms in total. The maximum Gasteiger partial charge on any atom is 0.0559 e. The molecular weight excluding hydrogens is 150 g/mol. The Hall–Kier alpha value is -0.0800. The third kappa shape index (κ3) is 12.6. The minimum Gasteiger partial charge on any atom is -0.379 e. The molecule has 0 aliphatic rings. The Morgan fingerprint density at radius 1 is 1.25 bits per heavy atom. The standard InChI is InChI=1S/C8H19NO.C2H6/c1-5-10-8(2)6-7-9(3)4;1-2/h8H,5-7H2,1-4H3;1-2H3. The normalized spacial score (nSPS) is 12.2. The summed E-state index contributed by atoms with van der Waals surface area (Å²) in [5.74, 6) is 0. The summed E-state index contributed by atoms with van der Waals surface area (Å²) in [5, 5.41) is 0. The highest BCUT2D eigenvalue weighted by atomic mass is 16.5. The van der Waals surface area contributed by atoms with Crippen LogP contribution in [0, 0.1) is 0 Å². The smallest absolute Gasteiger partial charge is 0.0559 e. The van der Waals surface area contributed by atoms with E-state index in [-0.39, 0.29) is 0 Å². The number of hydrogen-bond acceptors (Lipinski definition) is 2. The second-order valence-electron chi connectivity index (χ2n) is 2.86. The lowest BCUT2D eigenvalue weighted by Gasteiger charge is -2.14. The van der Waals surface area contributed by atoms with E-state index in [0.29, 0.717) is 6.10 Å². The van der Waals surface area contributed by atoms with Crippen molar-refractivity contribution in [2.75, 3.05) is 27.2 Å². The Kier molecular flexibility index (Phi) is 13.1. The molecule has 76 valence electrons. The zero-order valence-corrected chi connectivity index (χ0v) is 9.55. The summed E-state index contributed by atoms with van der Waals surface area (Å²) in [6.07, 6.45) is 1.54. The van der Waals surface area contributed by atoms with Gasteiger partial charge in [0.05, 0.1) is 6.10 Å². The van der Waals surface area contributed by atoms with E-state index in [2.05, 4.69) is 25.9 Å². The number of hydrogen-bond donors (Lipinski definition) is 0. The van der Waals surface area contributed by atoms with E-state index in [1.54, 1.807) is 0 Å². The first-order chi connectivity index (χ1) is 5.66. The predicted octanol–water partition coefficient (Wildman–Crippen LogP) is 2.39. The van der Waals surface area contributed by atoms with E-state index in [1.807, 2.05) is 20.8 Å². The molecule has 0 aromatic rings. The van der Waals surface area contributed by atoms with Crippen molar-refractivity contribution in [3.63, 3.8) is 0 Å². The van der Waals surface area contributed by atoms with Crippen molar-refractivity contribution in [3.05, 3.63) is 0 Å². The second kappa shape index (κ2) is 10.9. The molecule has 0 radical (unpaired) electrons. The van der Waals surface area contributed by atoms with Gasteiger partial charge in [-0.3, -0.25) is 0 Å². The van der Waals surface area contributed by atoms with Crippen LogP contribution < -0.4 is 0 Å². The van der Waals surface area contributed by atoms with E-state index in [1.165, 1.54) is 0 Å². The summed E-state index contributed by atoms with van der Waals surface area (Å²) in [4.78, 5) is 2.18. The molecule has 0 aliphatic heterocycles. The van der Waals surface area contributed by atoms with Crippen LogP contribution in [0.15, 0.2) is 0 Å². The van der Waals surface area contributed by atoms with Crippen molar-refractivity contribution < 1.29 is 4.74 Å². The van der Waals surface area contributed by atoms with E-state index >= 15 is 0 Å². The number of rotatable bonds is 5. The van der Waals surface area contributed by atoms with Gasteiger partial charge in [-0.2, -0.15) is 0 Å². The van der Waals surface area contributed by atoms with Gasteiger partial charge in [0.15, 0.2) is 0 Å². The molecule has 0 saturated heterocycles. The first kappa shape index (κ1) is 14.4. The largest absolute Gasteiger partial charge is 0.379 e. The van der Waals surface area contributed by atoms with Crippen LogP contribution in [0.25, 0.3) is 0 Å². The molecule has 1 unspecified atom stereocenters. The first-order valence-corrected chi connectivity index (χ1v) is 4.93. The molecule has 0 spiro atoms. The lowest BCUT2D eigenvalue weighted by molar-refractivity contribution is 0.0651. The van der Waals surface area contributed by atoms with Gasteiger partial charge in [-0.05, 0) is 40.9 Å². The van der Waals surface area contributed by atoms with Gasteiger partial charge >= 0.3 is 0 Å². The molecule has 0 N–H and O–H groups in total. The quantitative estimate of drug-likeness (QED) is 0.636. The molecule has 0 heterocycles. The zero-order chi connectivity index (χ0) is 9.98. The Labute approximate surface area is 77.9 Å². The molecule has 1 atom stereocenters. The van der Waals surface area contributed by atoms with Crippen LogP contribution in [0.1, 0.15) is 34.1 Å². The average Bonchev–Trinajstić information content (AvgIpc) is 2.05. The van der Waals surface area contributed by atoms with Crippen LogP contribution in [-0.2, 0) is 4.74 Å². The van der Waals surface area contributed by atoms with Crippen molar-refractivity contribution in [2.24, 2.45) is 0 Å². The minimum absolute atomic E-state index is 0.410. The highest BCUT2D eigenvalue weighted by Crippen LogP contribution is 1.96. The molecule has 0 saturated carbocycles. The Morgan fingerprint density at radius 2 is 1.75 bits per heavy atom. The van der Waals surface area contributed by atoms with Crippen LogP contribution in [0.4, 0.5) is 0 Å². The van der Waals surface area contributed by atoms with Crippen LogP contribution in [0.5, 0.6) is 0 Å². The van der Waals surface area contributed by atoms with E-state index in [4.69, 9.17) is 4.74 Å². The maximum atomic E-state index is 5.37. The average molecular weight is 175 g/mol. The van der Waals surface area contributed by atoms with Gasteiger partial charge < -0.3 is 9.64 Å². The Bertz CT molecular complexity index is 74.2. The third-order valence-corrected chi connectivity index (χ3v) is 1.43. The van der Waals surface area contributed by atoms with E-state index in [9.17, 15) is 0 Å². The summed E-state index contributed by atoms with van der Waals surface area (Å²) in [6, 6.07) is 0. The lowest BCUT2D eigenvalue weighted by atomic mass is 10.3. The Morgan fingerprint density at radius 3 is 2.08 bits per heavy atom. The molecular formula is C10H25NO. The fourth-order valence-electron chi connectivity index (χ4n) is 0.808. The van der Waals surface area contributed by atoms with E-state index in [0.717, 1.165) is 19.6 Å². The summed E-state index contributed by atoms with van der Waals surface area (Å²) >= 11 is 0. The highest BCUT2D eigenvalue weighted by Gasteiger charge is 1.99. The van der Waals surface area contributed by atoms with Crippen molar-refractivity contribution in [1.82, 2.24) is 4.90 Å². The van der Waals surface area contributed by atoms with Crippen LogP contribution in [-0.4, -0.2) is 38.3 Å². The monoisotopic (exact) mass is 175 g/mol. The van der Waals surface area contributed by atoms with Crippen LogP contribution in [0.2, 0.25) is 0 Å². The van der Waals surface area contributed by atoms with Gasteiger partial charge in [-0.25, -0.2) is 0 Å². The van der Waals surface area contributed by atoms with Crippen LogP contribution in [0.3, 0.4) is 0 Å². The van der Waals surface area contributed by atoms with Gasteiger partial charge in [0.2, 0.25) is 0 Å². The van der Waals surface area contributed by atoms with E-state index < -0.39 is 0 Å². The zero-order valence-electron chi connectivity index (χ0n) is 9.55. The van der Waals surface area contributed by atoms with Crippen molar-refractivity contribution >= 4 is 0 Å².